The third-order valence-electron chi connectivity index (χ3n) is 10.7. The Balaban J connectivity index is 1.12. The van der Waals surface area contributed by atoms with E-state index in [1.807, 2.05) is 17.4 Å². The standard InChI is InChI=1S/C50H31NOS/c1-2-11-33(12-3-1)40-16-8-17-41-42-18-9-20-45(50(42)53-49(40)41)51(44-19-10-22-47-48(44)43-15-6-7-21-46(43)52-47)37-28-25-32(26-29-37)35-27-30-39-36(31-35)24-23-34-13-4-5-14-38(34)39/h1-31H. The molecule has 11 aromatic rings. The minimum Gasteiger partial charge on any atom is -0.456 e. The Morgan fingerprint density at radius 3 is 1.91 bits per heavy atom. The van der Waals surface area contributed by atoms with Crippen LogP contribution in [0, 0.1) is 0 Å². The SMILES string of the molecule is c1ccc(-c2cccc3c2sc2c(N(c4ccc(-c5ccc6c(ccc7ccccc76)c5)cc4)c4cccc5oc6ccccc6c45)cccc23)cc1. The van der Waals surface area contributed by atoms with E-state index in [0.717, 1.165) is 39.0 Å². The van der Waals surface area contributed by atoms with Crippen molar-refractivity contribution in [2.45, 2.75) is 0 Å². The highest BCUT2D eigenvalue weighted by atomic mass is 32.1. The van der Waals surface area contributed by atoms with Crippen molar-refractivity contribution < 1.29 is 4.42 Å². The summed E-state index contributed by atoms with van der Waals surface area (Å²) in [5, 5.41) is 9.83. The number of thiophene rings is 1. The van der Waals surface area contributed by atoms with Gasteiger partial charge in [0.25, 0.3) is 0 Å². The van der Waals surface area contributed by atoms with Gasteiger partial charge in [0, 0.05) is 26.5 Å². The van der Waals surface area contributed by atoms with Crippen LogP contribution in [0.3, 0.4) is 0 Å². The van der Waals surface area contributed by atoms with Gasteiger partial charge in [0.2, 0.25) is 0 Å². The van der Waals surface area contributed by atoms with Gasteiger partial charge in [-0.05, 0) is 86.3 Å². The average molecular weight is 694 g/mol. The molecule has 0 aliphatic carbocycles. The number of hydrogen-bond acceptors (Lipinski definition) is 3. The van der Waals surface area contributed by atoms with Gasteiger partial charge in [0.05, 0.1) is 21.5 Å². The molecule has 2 heterocycles. The van der Waals surface area contributed by atoms with Crippen LogP contribution in [0.1, 0.15) is 0 Å². The molecule has 0 unspecified atom stereocenters. The maximum atomic E-state index is 6.43. The molecule has 0 N–H and O–H groups in total. The van der Waals surface area contributed by atoms with E-state index in [1.165, 1.54) is 64.0 Å². The summed E-state index contributed by atoms with van der Waals surface area (Å²) >= 11 is 1.88. The summed E-state index contributed by atoms with van der Waals surface area (Å²) in [5.41, 5.74) is 9.97. The van der Waals surface area contributed by atoms with E-state index in [2.05, 4.69) is 187 Å². The van der Waals surface area contributed by atoms with E-state index in [1.54, 1.807) is 0 Å². The van der Waals surface area contributed by atoms with Crippen LogP contribution in [0.4, 0.5) is 17.1 Å². The Morgan fingerprint density at radius 2 is 1.02 bits per heavy atom. The molecule has 53 heavy (non-hydrogen) atoms. The molecule has 0 radical (unpaired) electrons. The largest absolute Gasteiger partial charge is 0.456 e. The quantitative estimate of drug-likeness (QED) is 0.167. The van der Waals surface area contributed by atoms with E-state index < -0.39 is 0 Å². The lowest BCUT2D eigenvalue weighted by atomic mass is 9.97. The van der Waals surface area contributed by atoms with Crippen molar-refractivity contribution in [1.82, 2.24) is 0 Å². The Hall–Kier alpha value is -6.68. The predicted octanol–water partition coefficient (Wildman–Crippen LogP) is 15.1. The molecule has 248 valence electrons. The molecular formula is C50H31NOS. The van der Waals surface area contributed by atoms with Gasteiger partial charge in [0.1, 0.15) is 11.2 Å². The maximum Gasteiger partial charge on any atom is 0.137 e. The van der Waals surface area contributed by atoms with Crippen LogP contribution < -0.4 is 4.90 Å². The summed E-state index contributed by atoms with van der Waals surface area (Å²) < 4.78 is 8.98. The van der Waals surface area contributed by atoms with Crippen molar-refractivity contribution in [1.29, 1.82) is 0 Å². The predicted molar refractivity (Wildman–Crippen MR) is 227 cm³/mol. The molecule has 0 fully saturated rings. The lowest BCUT2D eigenvalue weighted by Gasteiger charge is -2.27. The van der Waals surface area contributed by atoms with Crippen LogP contribution in [0.15, 0.2) is 192 Å². The highest BCUT2D eigenvalue weighted by Crippen LogP contribution is 2.49. The van der Waals surface area contributed by atoms with E-state index >= 15 is 0 Å². The normalized spacial score (nSPS) is 11.8. The summed E-state index contributed by atoms with van der Waals surface area (Å²) in [7, 11) is 0. The van der Waals surface area contributed by atoms with Crippen LogP contribution in [-0.2, 0) is 0 Å². The number of rotatable bonds is 5. The summed E-state index contributed by atoms with van der Waals surface area (Å²) in [4.78, 5) is 2.43. The van der Waals surface area contributed by atoms with Crippen molar-refractivity contribution in [3.63, 3.8) is 0 Å². The fourth-order valence-corrected chi connectivity index (χ4v) is 9.51. The molecular weight excluding hydrogens is 663 g/mol. The van der Waals surface area contributed by atoms with Crippen molar-refractivity contribution in [2.24, 2.45) is 0 Å². The molecule has 0 aliphatic rings. The number of nitrogens with zero attached hydrogens (tertiary/aromatic N) is 1. The lowest BCUT2D eigenvalue weighted by Crippen LogP contribution is -2.10. The van der Waals surface area contributed by atoms with Gasteiger partial charge < -0.3 is 9.32 Å². The van der Waals surface area contributed by atoms with Crippen molar-refractivity contribution in [3.8, 4) is 22.3 Å². The minimum absolute atomic E-state index is 0.879. The molecule has 0 aliphatic heterocycles. The van der Waals surface area contributed by atoms with Crippen molar-refractivity contribution in [3.05, 3.63) is 188 Å². The van der Waals surface area contributed by atoms with Crippen molar-refractivity contribution in [2.75, 3.05) is 4.90 Å². The molecule has 0 atom stereocenters. The van der Waals surface area contributed by atoms with Gasteiger partial charge in [-0.25, -0.2) is 0 Å². The molecule has 0 saturated heterocycles. The first-order chi connectivity index (χ1) is 26.3. The number of furan rings is 1. The van der Waals surface area contributed by atoms with Crippen LogP contribution in [0.5, 0.6) is 0 Å². The number of fused-ring (bicyclic) bond motifs is 9. The lowest BCUT2D eigenvalue weighted by molar-refractivity contribution is 0.669. The summed E-state index contributed by atoms with van der Waals surface area (Å²) in [5.74, 6) is 0. The van der Waals surface area contributed by atoms with Gasteiger partial charge in [0.15, 0.2) is 0 Å². The van der Waals surface area contributed by atoms with Crippen LogP contribution >= 0.6 is 11.3 Å². The van der Waals surface area contributed by atoms with Crippen molar-refractivity contribution >= 4 is 92.1 Å². The first-order valence-corrected chi connectivity index (χ1v) is 18.8. The number of benzene rings is 9. The minimum atomic E-state index is 0.879. The van der Waals surface area contributed by atoms with E-state index in [4.69, 9.17) is 4.42 Å². The summed E-state index contributed by atoms with van der Waals surface area (Å²) in [6, 6.07) is 67.9. The smallest absolute Gasteiger partial charge is 0.137 e. The Morgan fingerprint density at radius 1 is 0.377 bits per heavy atom. The van der Waals surface area contributed by atoms with Gasteiger partial charge in [-0.2, -0.15) is 0 Å². The molecule has 2 aromatic heterocycles. The first-order valence-electron chi connectivity index (χ1n) is 18.0. The number of para-hydroxylation sites is 1. The second-order valence-corrected chi connectivity index (χ2v) is 14.7. The Bertz CT molecular complexity index is 3170. The van der Waals surface area contributed by atoms with Gasteiger partial charge >= 0.3 is 0 Å². The fourth-order valence-electron chi connectivity index (χ4n) is 8.17. The molecule has 9 aromatic carbocycles. The second kappa shape index (κ2) is 11.9. The molecule has 11 rings (SSSR count). The molecule has 0 spiro atoms. The zero-order valence-corrected chi connectivity index (χ0v) is 29.5. The monoisotopic (exact) mass is 693 g/mol. The average Bonchev–Trinajstić information content (AvgIpc) is 3.81. The number of hydrogen-bond donors (Lipinski definition) is 0. The summed E-state index contributed by atoms with van der Waals surface area (Å²) in [6.45, 7) is 0. The van der Waals surface area contributed by atoms with Gasteiger partial charge in [-0.3, -0.25) is 0 Å². The highest BCUT2D eigenvalue weighted by Gasteiger charge is 2.23. The van der Waals surface area contributed by atoms with Gasteiger partial charge in [-0.15, -0.1) is 11.3 Å². The topological polar surface area (TPSA) is 16.4 Å². The van der Waals surface area contributed by atoms with Crippen LogP contribution in [0.2, 0.25) is 0 Å². The summed E-state index contributed by atoms with van der Waals surface area (Å²) in [6.07, 6.45) is 0. The second-order valence-electron chi connectivity index (χ2n) is 13.7. The molecule has 0 bridgehead atoms. The fraction of sp³-hybridized carbons (Fsp3) is 0. The Kier molecular flexibility index (Phi) is 6.76. The van der Waals surface area contributed by atoms with E-state index in [-0.39, 0.29) is 0 Å². The third-order valence-corrected chi connectivity index (χ3v) is 11.9. The van der Waals surface area contributed by atoms with E-state index in [9.17, 15) is 0 Å². The van der Waals surface area contributed by atoms with Crippen LogP contribution in [0.25, 0.3) is 85.9 Å². The molecule has 3 heteroatoms. The molecule has 0 amide bonds. The number of anilines is 3. The zero-order valence-electron chi connectivity index (χ0n) is 28.7. The van der Waals surface area contributed by atoms with Crippen LogP contribution in [-0.4, -0.2) is 0 Å². The third kappa shape index (κ3) is 4.78. The Labute approximate surface area is 310 Å². The highest BCUT2D eigenvalue weighted by molar-refractivity contribution is 7.27. The zero-order chi connectivity index (χ0) is 34.9. The maximum absolute atomic E-state index is 6.43. The van der Waals surface area contributed by atoms with Gasteiger partial charge in [-0.1, -0.05) is 146 Å². The van der Waals surface area contributed by atoms with E-state index in [0.29, 0.717) is 0 Å². The first kappa shape index (κ1) is 30.0. The molecule has 0 saturated carbocycles. The molecule has 2 nitrogen and oxygen atoms in total.